The summed E-state index contributed by atoms with van der Waals surface area (Å²) in [5, 5.41) is 0. The summed E-state index contributed by atoms with van der Waals surface area (Å²) in [6.45, 7) is 4.71. The second-order valence-corrected chi connectivity index (χ2v) is 7.60. The van der Waals surface area contributed by atoms with Crippen LogP contribution in [0.25, 0.3) is 0 Å². The molecule has 3 heterocycles. The molecule has 0 saturated carbocycles. The van der Waals surface area contributed by atoms with Crippen LogP contribution in [0.5, 0.6) is 11.5 Å². The van der Waals surface area contributed by atoms with Crippen LogP contribution in [-0.4, -0.2) is 68.3 Å². The lowest BCUT2D eigenvalue weighted by molar-refractivity contribution is -0.176. The van der Waals surface area contributed by atoms with Crippen molar-refractivity contribution < 1.29 is 19.0 Å². The monoisotopic (exact) mass is 360 g/mol. The number of ether oxygens (including phenoxy) is 3. The molecule has 1 spiro atoms. The Morgan fingerprint density at radius 3 is 2.31 bits per heavy atom. The summed E-state index contributed by atoms with van der Waals surface area (Å²) in [4.78, 5) is 17.0. The van der Waals surface area contributed by atoms with Gasteiger partial charge in [-0.3, -0.25) is 9.69 Å². The maximum Gasteiger partial charge on any atom is 0.236 e. The van der Waals surface area contributed by atoms with Crippen molar-refractivity contribution in [3.05, 3.63) is 23.3 Å². The fraction of sp³-hybridized carbons (Fsp3) is 0.650. The number of methoxy groups -OCH3 is 2. The van der Waals surface area contributed by atoms with E-state index in [-0.39, 0.29) is 11.5 Å². The molecular formula is C20H28N2O4. The molecule has 1 amide bonds. The van der Waals surface area contributed by atoms with Crippen molar-refractivity contribution in [1.29, 1.82) is 0 Å². The van der Waals surface area contributed by atoms with Crippen LogP contribution in [0.4, 0.5) is 0 Å². The first-order valence-corrected chi connectivity index (χ1v) is 9.50. The van der Waals surface area contributed by atoms with Gasteiger partial charge in [0, 0.05) is 26.2 Å². The molecule has 26 heavy (non-hydrogen) atoms. The Morgan fingerprint density at radius 2 is 1.73 bits per heavy atom. The molecule has 4 rings (SSSR count). The molecule has 0 atom stereocenters. The topological polar surface area (TPSA) is 51.2 Å². The van der Waals surface area contributed by atoms with E-state index in [1.54, 1.807) is 14.2 Å². The molecule has 142 valence electrons. The van der Waals surface area contributed by atoms with Crippen LogP contribution < -0.4 is 9.47 Å². The molecule has 1 aromatic rings. The first-order chi connectivity index (χ1) is 12.6. The van der Waals surface area contributed by atoms with Crippen LogP contribution in [0.15, 0.2) is 12.1 Å². The maximum absolute atomic E-state index is 12.7. The van der Waals surface area contributed by atoms with Crippen LogP contribution in [0.2, 0.25) is 0 Å². The van der Waals surface area contributed by atoms with Gasteiger partial charge in [-0.15, -0.1) is 0 Å². The van der Waals surface area contributed by atoms with E-state index in [2.05, 4.69) is 11.0 Å². The summed E-state index contributed by atoms with van der Waals surface area (Å²) in [6.07, 6.45) is 4.06. The maximum atomic E-state index is 12.7. The van der Waals surface area contributed by atoms with Gasteiger partial charge in [0.1, 0.15) is 0 Å². The van der Waals surface area contributed by atoms with E-state index in [1.807, 2.05) is 11.0 Å². The summed E-state index contributed by atoms with van der Waals surface area (Å²) < 4.78 is 16.6. The molecule has 6 heteroatoms. The third-order valence-corrected chi connectivity index (χ3v) is 6.15. The number of carbonyl (C=O) groups is 1. The second kappa shape index (κ2) is 7.08. The Labute approximate surface area is 155 Å². The van der Waals surface area contributed by atoms with E-state index in [4.69, 9.17) is 14.2 Å². The Bertz CT molecular complexity index is 677. The number of hydrogen-bond acceptors (Lipinski definition) is 5. The fourth-order valence-corrected chi connectivity index (χ4v) is 4.32. The summed E-state index contributed by atoms with van der Waals surface area (Å²) in [6, 6.07) is 4.11. The van der Waals surface area contributed by atoms with Crippen molar-refractivity contribution in [1.82, 2.24) is 9.80 Å². The van der Waals surface area contributed by atoms with Crippen molar-refractivity contribution in [2.75, 3.05) is 47.0 Å². The van der Waals surface area contributed by atoms with Gasteiger partial charge in [-0.1, -0.05) is 0 Å². The van der Waals surface area contributed by atoms with Crippen LogP contribution >= 0.6 is 0 Å². The molecule has 0 bridgehead atoms. The zero-order chi connectivity index (χ0) is 18.1. The van der Waals surface area contributed by atoms with E-state index in [1.165, 1.54) is 11.1 Å². The predicted octanol–water partition coefficient (Wildman–Crippen LogP) is 1.84. The van der Waals surface area contributed by atoms with Crippen LogP contribution in [0.3, 0.4) is 0 Å². The molecule has 2 fully saturated rings. The second-order valence-electron chi connectivity index (χ2n) is 7.60. The van der Waals surface area contributed by atoms with Gasteiger partial charge in [0.25, 0.3) is 0 Å². The van der Waals surface area contributed by atoms with E-state index in [0.29, 0.717) is 6.54 Å². The number of rotatable bonds is 4. The number of hydrogen-bond donors (Lipinski definition) is 0. The van der Waals surface area contributed by atoms with Crippen molar-refractivity contribution in [2.24, 2.45) is 0 Å². The lowest BCUT2D eigenvalue weighted by Gasteiger charge is -2.47. The average molecular weight is 360 g/mol. The van der Waals surface area contributed by atoms with Gasteiger partial charge >= 0.3 is 0 Å². The van der Waals surface area contributed by atoms with Gasteiger partial charge in [-0.05, 0) is 48.9 Å². The first kappa shape index (κ1) is 17.6. The van der Waals surface area contributed by atoms with Gasteiger partial charge in [0.15, 0.2) is 11.5 Å². The van der Waals surface area contributed by atoms with Crippen molar-refractivity contribution in [2.45, 2.75) is 37.8 Å². The third kappa shape index (κ3) is 3.28. The minimum atomic E-state index is 0.0937. The molecule has 2 saturated heterocycles. The Kier molecular flexibility index (Phi) is 4.80. The lowest BCUT2D eigenvalue weighted by atomic mass is 9.84. The minimum absolute atomic E-state index is 0.0937. The Morgan fingerprint density at radius 1 is 1.08 bits per heavy atom. The highest BCUT2D eigenvalue weighted by molar-refractivity contribution is 5.78. The van der Waals surface area contributed by atoms with Crippen LogP contribution in [0, 0.1) is 0 Å². The van der Waals surface area contributed by atoms with Gasteiger partial charge < -0.3 is 19.1 Å². The molecule has 3 aliphatic heterocycles. The van der Waals surface area contributed by atoms with E-state index >= 15 is 0 Å². The Balaban J connectivity index is 1.36. The number of benzene rings is 1. The minimum Gasteiger partial charge on any atom is -0.493 e. The highest BCUT2D eigenvalue weighted by Crippen LogP contribution is 2.37. The van der Waals surface area contributed by atoms with Crippen LogP contribution in [-0.2, 0) is 22.5 Å². The van der Waals surface area contributed by atoms with Crippen molar-refractivity contribution >= 4 is 5.91 Å². The van der Waals surface area contributed by atoms with Gasteiger partial charge in [0.05, 0.1) is 33.0 Å². The van der Waals surface area contributed by atoms with Gasteiger partial charge in [0.2, 0.25) is 5.91 Å². The average Bonchev–Trinajstić information content (AvgIpc) is 2.65. The summed E-state index contributed by atoms with van der Waals surface area (Å²) in [7, 11) is 3.32. The highest BCUT2D eigenvalue weighted by atomic mass is 16.5. The largest absolute Gasteiger partial charge is 0.493 e. The highest BCUT2D eigenvalue weighted by Gasteiger charge is 2.42. The zero-order valence-electron chi connectivity index (χ0n) is 15.8. The summed E-state index contributed by atoms with van der Waals surface area (Å²) in [5.41, 5.74) is 2.60. The number of amides is 1. The van der Waals surface area contributed by atoms with Gasteiger partial charge in [-0.25, -0.2) is 0 Å². The molecule has 0 N–H and O–H groups in total. The molecule has 0 radical (unpaired) electrons. The molecule has 0 unspecified atom stereocenters. The lowest BCUT2D eigenvalue weighted by Crippen LogP contribution is -2.54. The summed E-state index contributed by atoms with van der Waals surface area (Å²) in [5.74, 6) is 1.76. The van der Waals surface area contributed by atoms with Gasteiger partial charge in [-0.2, -0.15) is 0 Å². The quantitative estimate of drug-likeness (QED) is 0.820. The summed E-state index contributed by atoms with van der Waals surface area (Å²) >= 11 is 0. The van der Waals surface area contributed by atoms with E-state index in [0.717, 1.165) is 70.0 Å². The van der Waals surface area contributed by atoms with E-state index < -0.39 is 0 Å². The number of nitrogens with zero attached hydrogens (tertiary/aromatic N) is 2. The standard InChI is InChI=1S/C20H28N2O4/c1-24-17-11-15-3-7-21(13-16(15)12-18(17)25-2)14-19(23)22-8-4-20(5-9-22)6-10-26-20/h11-12H,3-10,13-14H2,1-2H3. The molecule has 0 aromatic heterocycles. The fourth-order valence-electron chi connectivity index (χ4n) is 4.32. The first-order valence-electron chi connectivity index (χ1n) is 9.50. The number of fused-ring (bicyclic) bond motifs is 1. The number of piperidine rings is 1. The number of likely N-dealkylation sites (tertiary alicyclic amines) is 1. The van der Waals surface area contributed by atoms with Crippen molar-refractivity contribution in [3.8, 4) is 11.5 Å². The third-order valence-electron chi connectivity index (χ3n) is 6.15. The molecular weight excluding hydrogens is 332 g/mol. The number of carbonyl (C=O) groups excluding carboxylic acids is 1. The molecule has 0 aliphatic carbocycles. The molecule has 6 nitrogen and oxygen atoms in total. The predicted molar refractivity (Wildman–Crippen MR) is 97.6 cm³/mol. The normalized spacial score (nSPS) is 21.8. The SMILES string of the molecule is COc1cc2c(cc1OC)CN(CC(=O)N1CCC3(CCO3)CC1)CC2. The Hall–Kier alpha value is -1.79. The van der Waals surface area contributed by atoms with Crippen LogP contribution in [0.1, 0.15) is 30.4 Å². The molecule has 1 aromatic carbocycles. The smallest absolute Gasteiger partial charge is 0.236 e. The zero-order valence-corrected chi connectivity index (χ0v) is 15.8. The van der Waals surface area contributed by atoms with E-state index in [9.17, 15) is 4.79 Å². The van der Waals surface area contributed by atoms with Crippen molar-refractivity contribution in [3.63, 3.8) is 0 Å². The molecule has 3 aliphatic rings.